The van der Waals surface area contributed by atoms with Gasteiger partial charge in [-0.05, 0) is 31.5 Å². The molecule has 3 aromatic rings. The van der Waals surface area contributed by atoms with E-state index in [0.29, 0.717) is 18.5 Å². The number of aryl methyl sites for hydroxylation is 1. The van der Waals surface area contributed by atoms with Gasteiger partial charge in [0.15, 0.2) is 6.30 Å². The van der Waals surface area contributed by atoms with Crippen LogP contribution in [0, 0.1) is 12.7 Å². The summed E-state index contributed by atoms with van der Waals surface area (Å²) in [4.78, 5) is 6.19. The maximum atomic E-state index is 14.7. The summed E-state index contributed by atoms with van der Waals surface area (Å²) >= 11 is 0. The van der Waals surface area contributed by atoms with E-state index in [2.05, 4.69) is 4.98 Å². The highest BCUT2D eigenvalue weighted by atomic mass is 19.1. The molecule has 0 aliphatic carbocycles. The summed E-state index contributed by atoms with van der Waals surface area (Å²) in [6, 6.07) is 16.2. The van der Waals surface area contributed by atoms with Gasteiger partial charge in [-0.15, -0.1) is 0 Å². The number of benzene rings is 2. The van der Waals surface area contributed by atoms with E-state index in [1.807, 2.05) is 37.3 Å². The lowest BCUT2D eigenvalue weighted by Gasteiger charge is -2.35. The topological polar surface area (TPSA) is 25.4 Å². The molecule has 0 bridgehead atoms. The summed E-state index contributed by atoms with van der Waals surface area (Å²) in [7, 11) is 0. The molecule has 0 amide bonds. The number of alkyl halides is 1. The van der Waals surface area contributed by atoms with Crippen LogP contribution in [0.5, 0.6) is 5.75 Å². The van der Waals surface area contributed by atoms with Crippen molar-refractivity contribution in [3.63, 3.8) is 0 Å². The predicted molar refractivity (Wildman–Crippen MR) is 102 cm³/mol. The highest BCUT2D eigenvalue weighted by molar-refractivity contribution is 5.85. The Morgan fingerprint density at radius 2 is 1.93 bits per heavy atom. The number of ether oxygens (including phenoxy) is 1. The Morgan fingerprint density at radius 1 is 1.15 bits per heavy atom. The maximum absolute atomic E-state index is 14.7. The van der Waals surface area contributed by atoms with Gasteiger partial charge in [-0.2, -0.15) is 0 Å². The van der Waals surface area contributed by atoms with Crippen molar-refractivity contribution in [1.29, 1.82) is 0 Å². The number of nitrogens with zero attached hydrogens (tertiary/aromatic N) is 2. The number of fused-ring (bicyclic) bond motifs is 1. The number of likely N-dealkylation sites (tertiary alicyclic amines) is 1. The minimum absolute atomic E-state index is 0.206. The molecule has 0 spiro atoms. The first-order valence-corrected chi connectivity index (χ1v) is 9.25. The molecule has 4 rings (SSSR count). The van der Waals surface area contributed by atoms with Crippen molar-refractivity contribution in [1.82, 2.24) is 9.88 Å². The molecule has 1 aliphatic heterocycles. The number of hydrogen-bond acceptors (Lipinski definition) is 3. The van der Waals surface area contributed by atoms with Crippen LogP contribution in [-0.2, 0) is 6.54 Å². The van der Waals surface area contributed by atoms with Crippen LogP contribution >= 0.6 is 0 Å². The van der Waals surface area contributed by atoms with Gasteiger partial charge in [-0.3, -0.25) is 9.88 Å². The summed E-state index contributed by atoms with van der Waals surface area (Å²) in [5, 5.41) is 0.937. The normalized spacial score (nSPS) is 20.7. The molecule has 140 valence electrons. The molecular formula is C22H22F2N2O. The fourth-order valence-electron chi connectivity index (χ4n) is 3.61. The van der Waals surface area contributed by atoms with E-state index in [1.54, 1.807) is 23.1 Å². The van der Waals surface area contributed by atoms with E-state index in [9.17, 15) is 8.78 Å². The molecular weight excluding hydrogens is 346 g/mol. The van der Waals surface area contributed by atoms with E-state index < -0.39 is 6.30 Å². The number of pyridine rings is 1. The number of para-hydroxylation sites is 1. The number of rotatable bonds is 4. The molecule has 0 saturated carbocycles. The van der Waals surface area contributed by atoms with Crippen molar-refractivity contribution < 1.29 is 13.5 Å². The Labute approximate surface area is 157 Å². The van der Waals surface area contributed by atoms with Gasteiger partial charge in [0, 0.05) is 42.2 Å². The summed E-state index contributed by atoms with van der Waals surface area (Å²) in [6.45, 7) is 2.73. The van der Waals surface area contributed by atoms with E-state index in [-0.39, 0.29) is 24.9 Å². The van der Waals surface area contributed by atoms with Crippen molar-refractivity contribution in [3.8, 4) is 5.75 Å². The third-order valence-electron chi connectivity index (χ3n) is 5.02. The molecule has 1 fully saturated rings. The van der Waals surface area contributed by atoms with Gasteiger partial charge in [0.2, 0.25) is 0 Å². The van der Waals surface area contributed by atoms with Crippen molar-refractivity contribution in [3.05, 3.63) is 71.7 Å². The minimum Gasteiger partial charge on any atom is -0.489 e. The van der Waals surface area contributed by atoms with Gasteiger partial charge in [0.1, 0.15) is 17.7 Å². The minimum atomic E-state index is -1.16. The average Bonchev–Trinajstić information content (AvgIpc) is 2.65. The SMILES string of the molecule is Cc1cc(OC2CCN(Cc3ccccc3F)C(F)C2)c2ccccc2n1. The van der Waals surface area contributed by atoms with Gasteiger partial charge in [0.05, 0.1) is 5.52 Å². The second-order valence-corrected chi connectivity index (χ2v) is 7.04. The highest BCUT2D eigenvalue weighted by Crippen LogP contribution is 2.30. The first-order valence-electron chi connectivity index (χ1n) is 9.25. The lowest BCUT2D eigenvalue weighted by atomic mass is 10.0. The van der Waals surface area contributed by atoms with E-state index in [0.717, 1.165) is 22.3 Å². The molecule has 0 radical (unpaired) electrons. The molecule has 2 unspecified atom stereocenters. The highest BCUT2D eigenvalue weighted by Gasteiger charge is 2.30. The molecule has 3 nitrogen and oxygen atoms in total. The summed E-state index contributed by atoms with van der Waals surface area (Å²) in [6.07, 6.45) is -0.394. The first kappa shape index (κ1) is 17.9. The molecule has 2 atom stereocenters. The zero-order chi connectivity index (χ0) is 18.8. The van der Waals surface area contributed by atoms with Gasteiger partial charge in [0.25, 0.3) is 0 Å². The Hall–Kier alpha value is -2.53. The van der Waals surface area contributed by atoms with Crippen LogP contribution in [0.2, 0.25) is 0 Å². The summed E-state index contributed by atoms with van der Waals surface area (Å²) in [5.41, 5.74) is 2.27. The summed E-state index contributed by atoms with van der Waals surface area (Å²) in [5.74, 6) is 0.458. The van der Waals surface area contributed by atoms with E-state index in [1.165, 1.54) is 6.07 Å². The van der Waals surface area contributed by atoms with Crippen LogP contribution in [0.3, 0.4) is 0 Å². The molecule has 2 aromatic carbocycles. The van der Waals surface area contributed by atoms with Gasteiger partial charge in [-0.25, -0.2) is 8.78 Å². The second kappa shape index (κ2) is 7.61. The van der Waals surface area contributed by atoms with Crippen LogP contribution in [0.15, 0.2) is 54.6 Å². The first-order chi connectivity index (χ1) is 13.1. The van der Waals surface area contributed by atoms with Crippen LogP contribution in [-0.4, -0.2) is 28.8 Å². The van der Waals surface area contributed by atoms with Gasteiger partial charge in [-0.1, -0.05) is 30.3 Å². The van der Waals surface area contributed by atoms with Crippen LogP contribution in [0.25, 0.3) is 10.9 Å². The van der Waals surface area contributed by atoms with E-state index in [4.69, 9.17) is 4.74 Å². The Kier molecular flexibility index (Phi) is 5.03. The molecule has 27 heavy (non-hydrogen) atoms. The number of halogens is 2. The van der Waals surface area contributed by atoms with Crippen LogP contribution in [0.1, 0.15) is 24.1 Å². The van der Waals surface area contributed by atoms with E-state index >= 15 is 0 Å². The lowest BCUT2D eigenvalue weighted by Crippen LogP contribution is -2.43. The van der Waals surface area contributed by atoms with Crippen molar-refractivity contribution in [2.75, 3.05) is 6.54 Å². The largest absolute Gasteiger partial charge is 0.489 e. The predicted octanol–water partition coefficient (Wildman–Crippen LogP) is 5.02. The van der Waals surface area contributed by atoms with Crippen molar-refractivity contribution >= 4 is 10.9 Å². The maximum Gasteiger partial charge on any atom is 0.157 e. The molecule has 1 aliphatic rings. The fourth-order valence-corrected chi connectivity index (χ4v) is 3.61. The summed E-state index contributed by atoms with van der Waals surface area (Å²) < 4.78 is 34.7. The van der Waals surface area contributed by atoms with Crippen LogP contribution < -0.4 is 4.74 Å². The van der Waals surface area contributed by atoms with Crippen LogP contribution in [0.4, 0.5) is 8.78 Å². The molecule has 2 heterocycles. The van der Waals surface area contributed by atoms with Gasteiger partial charge >= 0.3 is 0 Å². The number of hydrogen-bond donors (Lipinski definition) is 0. The second-order valence-electron chi connectivity index (χ2n) is 7.04. The lowest BCUT2D eigenvalue weighted by molar-refractivity contribution is -0.0135. The Bertz CT molecular complexity index is 946. The molecule has 0 N–H and O–H groups in total. The number of piperidine rings is 1. The third-order valence-corrected chi connectivity index (χ3v) is 5.02. The Morgan fingerprint density at radius 3 is 2.74 bits per heavy atom. The zero-order valence-corrected chi connectivity index (χ0v) is 15.2. The standard InChI is InChI=1S/C22H22F2N2O/c1-15-12-21(18-7-3-5-9-20(18)25-15)27-17-10-11-26(22(24)13-17)14-16-6-2-4-8-19(16)23/h2-9,12,17,22H,10-11,13-14H2,1H3. The quantitative estimate of drug-likeness (QED) is 0.605. The molecule has 1 saturated heterocycles. The Balaban J connectivity index is 1.45. The molecule has 1 aromatic heterocycles. The van der Waals surface area contributed by atoms with Crippen molar-refractivity contribution in [2.45, 2.75) is 38.7 Å². The number of aromatic nitrogens is 1. The zero-order valence-electron chi connectivity index (χ0n) is 15.2. The monoisotopic (exact) mass is 368 g/mol. The van der Waals surface area contributed by atoms with Gasteiger partial charge < -0.3 is 4.74 Å². The molecule has 5 heteroatoms. The third kappa shape index (κ3) is 3.93. The van der Waals surface area contributed by atoms with Crippen molar-refractivity contribution in [2.24, 2.45) is 0 Å². The average molecular weight is 368 g/mol. The fraction of sp³-hybridized carbons (Fsp3) is 0.318. The smallest absolute Gasteiger partial charge is 0.157 e.